The van der Waals surface area contributed by atoms with E-state index in [1.165, 1.54) is 4.90 Å². The molecule has 13 nitrogen and oxygen atoms in total. The Morgan fingerprint density at radius 3 is 2.52 bits per heavy atom. The first-order chi connectivity index (χ1) is 22.4. The molecule has 1 atom stereocenters. The van der Waals surface area contributed by atoms with Gasteiger partial charge in [-0.1, -0.05) is 18.2 Å². The minimum Gasteiger partial charge on any atom is -0.353 e. The van der Waals surface area contributed by atoms with Crippen molar-refractivity contribution >= 4 is 52.6 Å². The SMILES string of the molecule is O=C1CCC(N2Cc3c(Nc4ccnc(Nc5cccc(C(=O)N6CCN(c7ccccn7)CC6)c5)n4)cccc3C2=O)C(=O)N1. The van der Waals surface area contributed by atoms with Crippen molar-refractivity contribution in [2.75, 3.05) is 41.7 Å². The fraction of sp³-hybridized carbons (Fsp3) is 0.242. The van der Waals surface area contributed by atoms with Gasteiger partial charge in [-0.25, -0.2) is 9.97 Å². The highest BCUT2D eigenvalue weighted by Crippen LogP contribution is 2.33. The fourth-order valence-corrected chi connectivity index (χ4v) is 6.05. The number of hydrogen-bond acceptors (Lipinski definition) is 10. The molecule has 0 radical (unpaired) electrons. The number of imide groups is 1. The lowest BCUT2D eigenvalue weighted by molar-refractivity contribution is -0.136. The minimum absolute atomic E-state index is 0.0421. The summed E-state index contributed by atoms with van der Waals surface area (Å²) in [6, 6.07) is 19.4. The van der Waals surface area contributed by atoms with E-state index < -0.39 is 11.9 Å². The van der Waals surface area contributed by atoms with E-state index in [4.69, 9.17) is 0 Å². The Labute approximate surface area is 264 Å². The Morgan fingerprint density at radius 2 is 1.72 bits per heavy atom. The van der Waals surface area contributed by atoms with Gasteiger partial charge >= 0.3 is 0 Å². The zero-order valence-electron chi connectivity index (χ0n) is 24.8. The number of hydrogen-bond donors (Lipinski definition) is 3. The van der Waals surface area contributed by atoms with Gasteiger partial charge in [0.25, 0.3) is 11.8 Å². The number of nitrogens with one attached hydrogen (secondary N) is 3. The van der Waals surface area contributed by atoms with Gasteiger partial charge in [0.15, 0.2) is 0 Å². The van der Waals surface area contributed by atoms with Crippen molar-refractivity contribution in [2.45, 2.75) is 25.4 Å². The van der Waals surface area contributed by atoms with Gasteiger partial charge in [0.1, 0.15) is 17.7 Å². The van der Waals surface area contributed by atoms with Crippen molar-refractivity contribution in [3.8, 4) is 0 Å². The lowest BCUT2D eigenvalue weighted by Gasteiger charge is -2.35. The highest BCUT2D eigenvalue weighted by molar-refractivity contribution is 6.06. The Balaban J connectivity index is 1.01. The minimum atomic E-state index is -0.695. The monoisotopic (exact) mass is 617 g/mol. The van der Waals surface area contributed by atoms with E-state index in [0.29, 0.717) is 66.9 Å². The summed E-state index contributed by atoms with van der Waals surface area (Å²) in [6.07, 6.45) is 3.87. The van der Waals surface area contributed by atoms with E-state index in [0.717, 1.165) is 11.4 Å². The lowest BCUT2D eigenvalue weighted by Crippen LogP contribution is -2.52. The zero-order chi connectivity index (χ0) is 31.6. The number of aromatic nitrogens is 3. The third-order valence-corrected chi connectivity index (χ3v) is 8.41. The predicted octanol–water partition coefficient (Wildman–Crippen LogP) is 3.08. The van der Waals surface area contributed by atoms with Gasteiger partial charge in [-0.3, -0.25) is 24.5 Å². The van der Waals surface area contributed by atoms with Gasteiger partial charge in [0.05, 0.1) is 0 Å². The van der Waals surface area contributed by atoms with Crippen LogP contribution < -0.4 is 20.9 Å². The van der Waals surface area contributed by atoms with Crippen LogP contribution in [0.15, 0.2) is 79.1 Å². The van der Waals surface area contributed by atoms with Crippen LogP contribution in [-0.2, 0) is 16.1 Å². The Kier molecular flexibility index (Phi) is 7.71. The maximum Gasteiger partial charge on any atom is 0.255 e. The van der Waals surface area contributed by atoms with E-state index in [9.17, 15) is 19.2 Å². The number of piperidine rings is 1. The first-order valence-electron chi connectivity index (χ1n) is 15.1. The van der Waals surface area contributed by atoms with Gasteiger partial charge in [-0.2, -0.15) is 4.98 Å². The van der Waals surface area contributed by atoms with Gasteiger partial charge in [-0.05, 0) is 55.0 Å². The summed E-state index contributed by atoms with van der Waals surface area (Å²) in [5.41, 5.74) is 3.16. The van der Waals surface area contributed by atoms with Crippen LogP contribution in [0.1, 0.15) is 39.1 Å². The smallest absolute Gasteiger partial charge is 0.255 e. The molecular weight excluding hydrogens is 586 g/mol. The molecule has 46 heavy (non-hydrogen) atoms. The molecule has 1 unspecified atom stereocenters. The molecule has 5 heterocycles. The van der Waals surface area contributed by atoms with Crippen LogP contribution in [0.3, 0.4) is 0 Å². The molecule has 3 aliphatic heterocycles. The second kappa shape index (κ2) is 12.3. The second-order valence-corrected chi connectivity index (χ2v) is 11.3. The molecule has 232 valence electrons. The lowest BCUT2D eigenvalue weighted by atomic mass is 10.0. The van der Waals surface area contributed by atoms with Crippen molar-refractivity contribution in [3.63, 3.8) is 0 Å². The average Bonchev–Trinajstić information content (AvgIpc) is 3.42. The summed E-state index contributed by atoms with van der Waals surface area (Å²) < 4.78 is 0. The van der Waals surface area contributed by atoms with Crippen LogP contribution >= 0.6 is 0 Å². The number of fused-ring (bicyclic) bond motifs is 1. The topological polar surface area (TPSA) is 153 Å². The Bertz CT molecular complexity index is 1830. The zero-order valence-corrected chi connectivity index (χ0v) is 24.8. The number of rotatable bonds is 7. The van der Waals surface area contributed by atoms with E-state index in [2.05, 4.69) is 35.8 Å². The predicted molar refractivity (Wildman–Crippen MR) is 170 cm³/mol. The Morgan fingerprint density at radius 1 is 0.870 bits per heavy atom. The van der Waals surface area contributed by atoms with Crippen LogP contribution in [0.2, 0.25) is 0 Å². The molecule has 7 rings (SSSR count). The number of benzene rings is 2. The van der Waals surface area contributed by atoms with E-state index in [1.54, 1.807) is 42.7 Å². The van der Waals surface area contributed by atoms with Crippen molar-refractivity contribution in [3.05, 3.63) is 95.8 Å². The summed E-state index contributed by atoms with van der Waals surface area (Å²) in [7, 11) is 0. The first kappa shape index (κ1) is 28.9. The van der Waals surface area contributed by atoms with Gasteiger partial charge in [0.2, 0.25) is 17.8 Å². The van der Waals surface area contributed by atoms with Crippen molar-refractivity contribution in [2.24, 2.45) is 0 Å². The molecule has 0 spiro atoms. The van der Waals surface area contributed by atoms with E-state index in [1.807, 2.05) is 41.3 Å². The summed E-state index contributed by atoms with van der Waals surface area (Å²) >= 11 is 0. The molecule has 13 heteroatoms. The number of piperazine rings is 1. The quantitative estimate of drug-likeness (QED) is 0.264. The maximum absolute atomic E-state index is 13.3. The van der Waals surface area contributed by atoms with Crippen LogP contribution in [-0.4, -0.2) is 80.6 Å². The normalized spacial score (nSPS) is 17.9. The number of pyridine rings is 1. The molecule has 2 aromatic carbocycles. The first-order valence-corrected chi connectivity index (χ1v) is 15.1. The van der Waals surface area contributed by atoms with Crippen molar-refractivity contribution < 1.29 is 19.2 Å². The standard InChI is InChI=1S/C33H31N9O4/c43-29-11-10-26(30(44)39-29)42-20-24-23(32(42)46)7-4-8-25(24)37-27-12-14-35-33(38-27)36-22-6-3-5-21(19-22)31(45)41-17-15-40(16-18-41)28-9-1-2-13-34-28/h1-9,12-14,19,26H,10-11,15-18,20H2,(H,39,43,44)(H2,35,36,37,38). The highest BCUT2D eigenvalue weighted by atomic mass is 16.2. The number of carbonyl (C=O) groups excluding carboxylic acids is 4. The van der Waals surface area contributed by atoms with Gasteiger partial charge in [-0.15, -0.1) is 0 Å². The third kappa shape index (κ3) is 5.82. The van der Waals surface area contributed by atoms with Crippen LogP contribution in [0.5, 0.6) is 0 Å². The number of anilines is 5. The molecule has 3 aliphatic rings. The molecule has 2 saturated heterocycles. The number of amides is 4. The average molecular weight is 618 g/mol. The second-order valence-electron chi connectivity index (χ2n) is 11.3. The van der Waals surface area contributed by atoms with Gasteiger partial charge in [0, 0.05) is 79.6 Å². The number of nitrogens with zero attached hydrogens (tertiary/aromatic N) is 6. The van der Waals surface area contributed by atoms with E-state index in [-0.39, 0.29) is 30.7 Å². The highest BCUT2D eigenvalue weighted by Gasteiger charge is 2.40. The summed E-state index contributed by atoms with van der Waals surface area (Å²) in [4.78, 5) is 69.5. The van der Waals surface area contributed by atoms with Crippen LogP contribution in [0, 0.1) is 0 Å². The molecule has 0 aliphatic carbocycles. The molecule has 4 amide bonds. The largest absolute Gasteiger partial charge is 0.353 e. The molecule has 2 fully saturated rings. The Hall–Kier alpha value is -5.85. The van der Waals surface area contributed by atoms with Gasteiger partial charge < -0.3 is 25.3 Å². The molecule has 3 N–H and O–H groups in total. The van der Waals surface area contributed by atoms with Crippen molar-refractivity contribution in [1.29, 1.82) is 0 Å². The molecule has 2 aromatic heterocycles. The van der Waals surface area contributed by atoms with Crippen LogP contribution in [0.4, 0.5) is 29.0 Å². The maximum atomic E-state index is 13.3. The summed E-state index contributed by atoms with van der Waals surface area (Å²) in [5.74, 6) is 0.671. The molecular formula is C33H31N9O4. The van der Waals surface area contributed by atoms with Crippen LogP contribution in [0.25, 0.3) is 0 Å². The van der Waals surface area contributed by atoms with E-state index >= 15 is 0 Å². The summed E-state index contributed by atoms with van der Waals surface area (Å²) in [6.45, 7) is 2.86. The molecule has 0 saturated carbocycles. The van der Waals surface area contributed by atoms with Crippen molar-refractivity contribution in [1.82, 2.24) is 30.1 Å². The summed E-state index contributed by atoms with van der Waals surface area (Å²) in [5, 5.41) is 8.81. The molecule has 0 bridgehead atoms. The number of carbonyl (C=O) groups is 4. The fourth-order valence-electron chi connectivity index (χ4n) is 6.05. The molecule has 4 aromatic rings. The third-order valence-electron chi connectivity index (χ3n) is 8.41.